The van der Waals surface area contributed by atoms with Crippen LogP contribution >= 0.6 is 11.6 Å². The van der Waals surface area contributed by atoms with E-state index in [4.69, 9.17) is 11.6 Å². The molecule has 0 bridgehead atoms. The zero-order valence-electron chi connectivity index (χ0n) is 13.3. The molecule has 2 aromatic heterocycles. The van der Waals surface area contributed by atoms with Crippen LogP contribution in [0.5, 0.6) is 0 Å². The Morgan fingerprint density at radius 1 is 1.12 bits per heavy atom. The molecule has 4 aromatic rings. The fourth-order valence-corrected chi connectivity index (χ4v) is 3.14. The van der Waals surface area contributed by atoms with Gasteiger partial charge in [0, 0.05) is 29.9 Å². The third-order valence-electron chi connectivity index (χ3n) is 4.22. The van der Waals surface area contributed by atoms with Crippen molar-refractivity contribution in [1.82, 2.24) is 14.8 Å². The van der Waals surface area contributed by atoms with Crippen LogP contribution in [-0.2, 0) is 13.6 Å². The molecule has 0 saturated carbocycles. The van der Waals surface area contributed by atoms with Crippen LogP contribution in [0.1, 0.15) is 5.69 Å². The van der Waals surface area contributed by atoms with E-state index in [1.54, 1.807) is 0 Å². The van der Waals surface area contributed by atoms with Crippen LogP contribution in [0, 0.1) is 0 Å². The summed E-state index contributed by atoms with van der Waals surface area (Å²) >= 11 is 6.45. The maximum Gasteiger partial charge on any atom is 0.156 e. The summed E-state index contributed by atoms with van der Waals surface area (Å²) < 4.78 is 2.09. The minimum Gasteiger partial charge on any atom is -0.363 e. The molecule has 0 unspecified atom stereocenters. The van der Waals surface area contributed by atoms with Crippen molar-refractivity contribution >= 4 is 28.3 Å². The van der Waals surface area contributed by atoms with Gasteiger partial charge in [-0.15, -0.1) is 0 Å². The van der Waals surface area contributed by atoms with Crippen LogP contribution in [0.2, 0.25) is 5.02 Å². The lowest BCUT2D eigenvalue weighted by Gasteiger charge is -2.07. The van der Waals surface area contributed by atoms with Gasteiger partial charge in [-0.25, -0.2) is 0 Å². The van der Waals surface area contributed by atoms with E-state index in [0.29, 0.717) is 11.6 Å². The van der Waals surface area contributed by atoms with Crippen molar-refractivity contribution in [2.45, 2.75) is 6.54 Å². The molecule has 5 heteroatoms. The summed E-state index contributed by atoms with van der Waals surface area (Å²) in [5, 5.41) is 12.6. The van der Waals surface area contributed by atoms with Crippen LogP contribution in [0.15, 0.2) is 60.8 Å². The minimum atomic E-state index is 0.714. The van der Waals surface area contributed by atoms with E-state index in [-0.39, 0.29) is 0 Å². The predicted octanol–water partition coefficient (Wildman–Crippen LogP) is 4.83. The van der Waals surface area contributed by atoms with E-state index in [0.717, 1.165) is 27.8 Å². The maximum atomic E-state index is 6.45. The highest BCUT2D eigenvalue weighted by molar-refractivity contribution is 6.34. The number of aromatic nitrogens is 3. The fraction of sp³-hybridized carbons (Fsp3) is 0.105. The molecule has 0 saturated heterocycles. The Bertz CT molecular complexity index is 985. The number of hydrogen-bond acceptors (Lipinski definition) is 2. The van der Waals surface area contributed by atoms with Gasteiger partial charge in [-0.3, -0.25) is 5.10 Å². The molecule has 2 aromatic carbocycles. The normalized spacial score (nSPS) is 11.1. The summed E-state index contributed by atoms with van der Waals surface area (Å²) in [6, 6.07) is 18.3. The van der Waals surface area contributed by atoms with E-state index in [1.165, 1.54) is 5.69 Å². The van der Waals surface area contributed by atoms with Crippen LogP contribution < -0.4 is 5.32 Å². The largest absolute Gasteiger partial charge is 0.363 e. The lowest BCUT2D eigenvalue weighted by molar-refractivity contribution is 0.840. The smallest absolute Gasteiger partial charge is 0.156 e. The van der Waals surface area contributed by atoms with Crippen molar-refractivity contribution in [3.8, 4) is 11.1 Å². The zero-order chi connectivity index (χ0) is 16.5. The third kappa shape index (κ3) is 2.65. The van der Waals surface area contributed by atoms with Crippen molar-refractivity contribution in [2.75, 3.05) is 5.32 Å². The van der Waals surface area contributed by atoms with Gasteiger partial charge in [0.2, 0.25) is 0 Å². The van der Waals surface area contributed by atoms with Crippen molar-refractivity contribution in [3.63, 3.8) is 0 Å². The van der Waals surface area contributed by atoms with Crippen LogP contribution in [0.3, 0.4) is 0 Å². The number of nitrogens with one attached hydrogen (secondary N) is 2. The summed E-state index contributed by atoms with van der Waals surface area (Å²) in [7, 11) is 2.03. The van der Waals surface area contributed by atoms with Gasteiger partial charge in [0.25, 0.3) is 0 Å². The average molecular weight is 337 g/mol. The Balaban J connectivity index is 1.71. The molecule has 0 aliphatic heterocycles. The molecule has 0 amide bonds. The number of nitrogens with zero attached hydrogens (tertiary/aromatic N) is 2. The molecule has 2 heterocycles. The molecule has 24 heavy (non-hydrogen) atoms. The second kappa shape index (κ2) is 6.06. The van der Waals surface area contributed by atoms with E-state index >= 15 is 0 Å². The summed E-state index contributed by atoms with van der Waals surface area (Å²) in [6.07, 6.45) is 2.03. The molecule has 0 radical (unpaired) electrons. The highest BCUT2D eigenvalue weighted by atomic mass is 35.5. The number of aryl methyl sites for hydroxylation is 1. The van der Waals surface area contributed by atoms with E-state index in [2.05, 4.69) is 44.3 Å². The second-order valence-corrected chi connectivity index (χ2v) is 6.19. The molecular formula is C19H17ClN4. The monoisotopic (exact) mass is 336 g/mol. The minimum absolute atomic E-state index is 0.714. The molecule has 4 rings (SSSR count). The molecule has 0 aliphatic carbocycles. The van der Waals surface area contributed by atoms with Gasteiger partial charge in [0.05, 0.1) is 17.1 Å². The van der Waals surface area contributed by atoms with Gasteiger partial charge in [-0.2, -0.15) is 5.10 Å². The number of anilines is 1. The Morgan fingerprint density at radius 2 is 1.96 bits per heavy atom. The molecule has 4 nitrogen and oxygen atoms in total. The average Bonchev–Trinajstić information content (AvgIpc) is 3.18. The number of rotatable bonds is 4. The predicted molar refractivity (Wildman–Crippen MR) is 99.3 cm³/mol. The number of aromatic amines is 1. The Hall–Kier alpha value is -2.72. The summed E-state index contributed by atoms with van der Waals surface area (Å²) in [5.41, 5.74) is 4.23. The second-order valence-electron chi connectivity index (χ2n) is 5.78. The van der Waals surface area contributed by atoms with E-state index < -0.39 is 0 Å². The van der Waals surface area contributed by atoms with Crippen LogP contribution in [0.25, 0.3) is 22.0 Å². The molecule has 0 spiro atoms. The standard InChI is InChI=1S/C19H17ClN4/c1-24-9-5-8-14(24)12-21-19-16-10-15(13-6-3-2-4-7-13)17(20)11-18(16)22-23-19/h2-11H,12H2,1H3,(H2,21,22,23). The van der Waals surface area contributed by atoms with Gasteiger partial charge >= 0.3 is 0 Å². The quantitative estimate of drug-likeness (QED) is 0.560. The first kappa shape index (κ1) is 14.8. The van der Waals surface area contributed by atoms with Crippen molar-refractivity contribution in [1.29, 1.82) is 0 Å². The molecule has 0 aliphatic rings. The number of H-pyrrole nitrogens is 1. The topological polar surface area (TPSA) is 45.6 Å². The summed E-state index contributed by atoms with van der Waals surface area (Å²) in [5.74, 6) is 0.833. The SMILES string of the molecule is Cn1cccc1CNc1n[nH]c2cc(Cl)c(-c3ccccc3)cc12. The lowest BCUT2D eigenvalue weighted by atomic mass is 10.0. The molecular weight excluding hydrogens is 320 g/mol. The van der Waals surface area contributed by atoms with Crippen molar-refractivity contribution < 1.29 is 0 Å². The van der Waals surface area contributed by atoms with E-state index in [1.807, 2.05) is 43.6 Å². The molecule has 2 N–H and O–H groups in total. The number of benzene rings is 2. The summed E-state index contributed by atoms with van der Waals surface area (Å²) in [6.45, 7) is 0.715. The number of halogens is 1. The van der Waals surface area contributed by atoms with Gasteiger partial charge < -0.3 is 9.88 Å². The van der Waals surface area contributed by atoms with Crippen molar-refractivity contribution in [2.24, 2.45) is 7.05 Å². The van der Waals surface area contributed by atoms with Gasteiger partial charge in [0.1, 0.15) is 0 Å². The fourth-order valence-electron chi connectivity index (χ4n) is 2.87. The number of hydrogen-bond donors (Lipinski definition) is 2. The van der Waals surface area contributed by atoms with Crippen LogP contribution in [0.4, 0.5) is 5.82 Å². The Morgan fingerprint density at radius 3 is 2.71 bits per heavy atom. The highest BCUT2D eigenvalue weighted by Gasteiger charge is 2.11. The van der Waals surface area contributed by atoms with Gasteiger partial charge in [-0.1, -0.05) is 41.9 Å². The highest BCUT2D eigenvalue weighted by Crippen LogP contribution is 2.34. The number of fused-ring (bicyclic) bond motifs is 1. The van der Waals surface area contributed by atoms with E-state index in [9.17, 15) is 0 Å². The zero-order valence-corrected chi connectivity index (χ0v) is 14.0. The Labute approximate surface area is 145 Å². The van der Waals surface area contributed by atoms with Gasteiger partial charge in [0.15, 0.2) is 5.82 Å². The summed E-state index contributed by atoms with van der Waals surface area (Å²) in [4.78, 5) is 0. The molecule has 120 valence electrons. The van der Waals surface area contributed by atoms with Crippen molar-refractivity contribution in [3.05, 3.63) is 71.5 Å². The Kier molecular flexibility index (Phi) is 3.75. The molecule has 0 fully saturated rings. The third-order valence-corrected chi connectivity index (χ3v) is 4.54. The lowest BCUT2D eigenvalue weighted by Crippen LogP contribution is -2.04. The first-order valence-corrected chi connectivity index (χ1v) is 8.17. The first-order valence-electron chi connectivity index (χ1n) is 7.79. The molecule has 0 atom stereocenters. The maximum absolute atomic E-state index is 6.45. The first-order chi connectivity index (χ1) is 11.7. The van der Waals surface area contributed by atoms with Gasteiger partial charge in [-0.05, 0) is 29.8 Å². The van der Waals surface area contributed by atoms with Crippen LogP contribution in [-0.4, -0.2) is 14.8 Å².